The molecule has 0 saturated heterocycles. The van der Waals surface area contributed by atoms with E-state index in [2.05, 4.69) is 10.3 Å². The average Bonchev–Trinajstić information content (AvgIpc) is 3.10. The second-order valence-electron chi connectivity index (χ2n) is 6.00. The quantitative estimate of drug-likeness (QED) is 0.449. The van der Waals surface area contributed by atoms with Crippen LogP contribution in [0.5, 0.6) is 0 Å². The van der Waals surface area contributed by atoms with Gasteiger partial charge in [-0.15, -0.1) is 0 Å². The molecule has 3 rings (SSSR count). The molecule has 1 heterocycles. The van der Waals surface area contributed by atoms with Crippen LogP contribution < -0.4 is 5.32 Å². The predicted molar refractivity (Wildman–Crippen MR) is 111 cm³/mol. The summed E-state index contributed by atoms with van der Waals surface area (Å²) in [5.41, 5.74) is 0.630. The highest BCUT2D eigenvalue weighted by Crippen LogP contribution is 2.29. The number of rotatable bonds is 7. The van der Waals surface area contributed by atoms with Crippen LogP contribution in [0.15, 0.2) is 47.4 Å². The lowest BCUT2D eigenvalue weighted by Gasteiger charge is -2.18. The molecule has 0 aliphatic heterocycles. The molecule has 152 valence electrons. The maximum Gasteiger partial charge on any atom is 0.270 e. The number of carbonyl (C=O) groups is 1. The zero-order chi connectivity index (χ0) is 21.2. The number of fused-ring (bicyclic) bond motifs is 1. The molecular formula is C18H18N4O5S2. The molecule has 0 spiro atoms. The van der Waals surface area contributed by atoms with Crippen molar-refractivity contribution in [3.05, 3.63) is 58.1 Å². The van der Waals surface area contributed by atoms with E-state index in [-0.39, 0.29) is 21.3 Å². The fourth-order valence-corrected chi connectivity index (χ4v) is 5.16. The highest BCUT2D eigenvalue weighted by atomic mass is 32.2. The SMILES string of the molecule is CCN(CC)S(=O)(=O)c1cccc(C(=O)Nc2nc3ccc([N+](=O)[O-])cc3s2)c1. The monoisotopic (exact) mass is 434 g/mol. The second kappa shape index (κ2) is 8.23. The fourth-order valence-electron chi connectivity index (χ4n) is 2.76. The summed E-state index contributed by atoms with van der Waals surface area (Å²) >= 11 is 1.10. The van der Waals surface area contributed by atoms with Crippen LogP contribution in [-0.4, -0.2) is 41.6 Å². The number of nitro groups is 1. The number of sulfonamides is 1. The van der Waals surface area contributed by atoms with Gasteiger partial charge in [0.1, 0.15) is 0 Å². The van der Waals surface area contributed by atoms with E-state index in [0.29, 0.717) is 23.3 Å². The van der Waals surface area contributed by atoms with E-state index in [9.17, 15) is 23.3 Å². The number of carbonyl (C=O) groups excluding carboxylic acids is 1. The van der Waals surface area contributed by atoms with Gasteiger partial charge in [-0.2, -0.15) is 4.31 Å². The van der Waals surface area contributed by atoms with Gasteiger partial charge in [-0.1, -0.05) is 31.3 Å². The Bertz CT molecular complexity index is 1190. The summed E-state index contributed by atoms with van der Waals surface area (Å²) < 4.78 is 27.2. The lowest BCUT2D eigenvalue weighted by Crippen LogP contribution is -2.30. The standard InChI is InChI=1S/C18H18N4O5S2/c1-3-21(4-2)29(26,27)14-7-5-6-12(10-14)17(23)20-18-19-15-9-8-13(22(24)25)11-16(15)28-18/h5-11H,3-4H2,1-2H3,(H,19,20,23). The van der Waals surface area contributed by atoms with Gasteiger partial charge in [0.05, 0.1) is 20.0 Å². The Morgan fingerprint density at radius 2 is 1.93 bits per heavy atom. The number of amides is 1. The number of non-ortho nitro benzene ring substituents is 1. The number of hydrogen-bond acceptors (Lipinski definition) is 7. The van der Waals surface area contributed by atoms with Crippen LogP contribution in [0.2, 0.25) is 0 Å². The summed E-state index contributed by atoms with van der Waals surface area (Å²) in [6, 6.07) is 10.0. The van der Waals surface area contributed by atoms with E-state index in [0.717, 1.165) is 11.3 Å². The topological polar surface area (TPSA) is 123 Å². The summed E-state index contributed by atoms with van der Waals surface area (Å²) in [7, 11) is -3.69. The number of benzene rings is 2. The molecule has 0 fully saturated rings. The zero-order valence-corrected chi connectivity index (χ0v) is 17.3. The van der Waals surface area contributed by atoms with Crippen LogP contribution in [0.25, 0.3) is 10.2 Å². The minimum absolute atomic E-state index is 0.0359. The van der Waals surface area contributed by atoms with Crippen molar-refractivity contribution in [2.24, 2.45) is 0 Å². The van der Waals surface area contributed by atoms with E-state index in [4.69, 9.17) is 0 Å². The average molecular weight is 434 g/mol. The molecule has 1 N–H and O–H groups in total. The Balaban J connectivity index is 1.86. The van der Waals surface area contributed by atoms with E-state index >= 15 is 0 Å². The fraction of sp³-hybridized carbons (Fsp3) is 0.222. The highest BCUT2D eigenvalue weighted by molar-refractivity contribution is 7.89. The van der Waals surface area contributed by atoms with Crippen molar-refractivity contribution in [3.63, 3.8) is 0 Å². The Morgan fingerprint density at radius 1 is 1.21 bits per heavy atom. The van der Waals surface area contributed by atoms with Gasteiger partial charge in [-0.25, -0.2) is 13.4 Å². The lowest BCUT2D eigenvalue weighted by atomic mass is 10.2. The Labute approximate surface area is 171 Å². The Morgan fingerprint density at radius 3 is 2.59 bits per heavy atom. The number of thiazole rings is 1. The van der Waals surface area contributed by atoms with E-state index in [1.54, 1.807) is 13.8 Å². The first-order chi connectivity index (χ1) is 13.8. The molecule has 0 radical (unpaired) electrons. The van der Waals surface area contributed by atoms with E-state index in [1.807, 2.05) is 0 Å². The first-order valence-electron chi connectivity index (χ1n) is 8.72. The maximum atomic E-state index is 12.7. The molecule has 9 nitrogen and oxygen atoms in total. The van der Waals surface area contributed by atoms with Crippen molar-refractivity contribution in [2.45, 2.75) is 18.7 Å². The molecule has 0 aliphatic carbocycles. The number of anilines is 1. The Hall–Kier alpha value is -2.89. The van der Waals surface area contributed by atoms with Crippen LogP contribution in [0.1, 0.15) is 24.2 Å². The second-order valence-corrected chi connectivity index (χ2v) is 8.97. The highest BCUT2D eigenvalue weighted by Gasteiger charge is 2.23. The van der Waals surface area contributed by atoms with Crippen LogP contribution in [0.3, 0.4) is 0 Å². The van der Waals surface area contributed by atoms with Crippen LogP contribution >= 0.6 is 11.3 Å². The van der Waals surface area contributed by atoms with Gasteiger partial charge in [0, 0.05) is 30.8 Å². The molecule has 0 saturated carbocycles. The Kier molecular flexibility index (Phi) is 5.91. The van der Waals surface area contributed by atoms with Crippen molar-refractivity contribution in [2.75, 3.05) is 18.4 Å². The number of nitrogens with one attached hydrogen (secondary N) is 1. The van der Waals surface area contributed by atoms with Crippen LogP contribution in [-0.2, 0) is 10.0 Å². The predicted octanol–water partition coefficient (Wildman–Crippen LogP) is 3.49. The van der Waals surface area contributed by atoms with Crippen molar-refractivity contribution in [1.29, 1.82) is 0 Å². The van der Waals surface area contributed by atoms with Gasteiger partial charge in [0.15, 0.2) is 5.13 Å². The molecule has 3 aromatic rings. The molecule has 0 atom stereocenters. The summed E-state index contributed by atoms with van der Waals surface area (Å²) in [5.74, 6) is -0.518. The van der Waals surface area contributed by atoms with Crippen molar-refractivity contribution < 1.29 is 18.1 Å². The van der Waals surface area contributed by atoms with Gasteiger partial charge in [0.2, 0.25) is 10.0 Å². The molecule has 1 aromatic heterocycles. The number of nitro benzene ring substituents is 1. The van der Waals surface area contributed by atoms with Gasteiger partial charge in [0.25, 0.3) is 11.6 Å². The van der Waals surface area contributed by atoms with Crippen LogP contribution in [0.4, 0.5) is 10.8 Å². The van der Waals surface area contributed by atoms with Gasteiger partial charge < -0.3 is 0 Å². The molecule has 11 heteroatoms. The van der Waals surface area contributed by atoms with Crippen molar-refractivity contribution in [3.8, 4) is 0 Å². The van der Waals surface area contributed by atoms with E-state index < -0.39 is 20.9 Å². The minimum atomic E-state index is -3.69. The number of aromatic nitrogens is 1. The van der Waals surface area contributed by atoms with Gasteiger partial charge >= 0.3 is 0 Å². The maximum absolute atomic E-state index is 12.7. The van der Waals surface area contributed by atoms with E-state index in [1.165, 1.54) is 46.8 Å². The van der Waals surface area contributed by atoms with Crippen molar-refractivity contribution in [1.82, 2.24) is 9.29 Å². The lowest BCUT2D eigenvalue weighted by molar-refractivity contribution is -0.384. The first-order valence-corrected chi connectivity index (χ1v) is 11.0. The summed E-state index contributed by atoms with van der Waals surface area (Å²) in [4.78, 5) is 27.3. The summed E-state index contributed by atoms with van der Waals surface area (Å²) in [6.45, 7) is 4.14. The third-order valence-electron chi connectivity index (χ3n) is 4.24. The summed E-state index contributed by atoms with van der Waals surface area (Å²) in [5, 5.41) is 13.8. The molecular weight excluding hydrogens is 416 g/mol. The third-order valence-corrected chi connectivity index (χ3v) is 7.22. The molecule has 2 aromatic carbocycles. The molecule has 0 bridgehead atoms. The van der Waals surface area contributed by atoms with Gasteiger partial charge in [-0.05, 0) is 24.3 Å². The number of hydrogen-bond donors (Lipinski definition) is 1. The molecule has 1 amide bonds. The first kappa shape index (κ1) is 20.8. The normalized spacial score (nSPS) is 11.7. The molecule has 0 aliphatic rings. The number of nitrogens with zero attached hydrogens (tertiary/aromatic N) is 3. The zero-order valence-electron chi connectivity index (χ0n) is 15.7. The third kappa shape index (κ3) is 4.26. The van der Waals surface area contributed by atoms with Crippen molar-refractivity contribution >= 4 is 48.3 Å². The van der Waals surface area contributed by atoms with Gasteiger partial charge in [-0.3, -0.25) is 20.2 Å². The minimum Gasteiger partial charge on any atom is -0.298 e. The largest absolute Gasteiger partial charge is 0.298 e. The molecule has 0 unspecified atom stereocenters. The smallest absolute Gasteiger partial charge is 0.270 e. The van der Waals surface area contributed by atoms with Crippen LogP contribution in [0, 0.1) is 10.1 Å². The molecule has 29 heavy (non-hydrogen) atoms. The summed E-state index contributed by atoms with van der Waals surface area (Å²) in [6.07, 6.45) is 0.